The van der Waals surface area contributed by atoms with Crippen molar-refractivity contribution in [2.75, 3.05) is 6.61 Å². The van der Waals surface area contributed by atoms with Crippen LogP contribution < -0.4 is 11.3 Å². The minimum Gasteiger partial charge on any atom is -0.378 e. The molecule has 4 nitrogen and oxygen atoms in total. The average Bonchev–Trinajstić information content (AvgIpc) is 2.34. The van der Waals surface area contributed by atoms with Crippen LogP contribution in [0.2, 0.25) is 0 Å². The first-order chi connectivity index (χ1) is 4.75. The van der Waals surface area contributed by atoms with Crippen molar-refractivity contribution in [1.82, 2.24) is 5.43 Å². The molecule has 1 heterocycles. The van der Waals surface area contributed by atoms with Crippen molar-refractivity contribution in [2.24, 2.45) is 11.8 Å². The highest BCUT2D eigenvalue weighted by molar-refractivity contribution is 5.78. The largest absolute Gasteiger partial charge is 0.378 e. The lowest BCUT2D eigenvalue weighted by Crippen LogP contribution is -2.38. The van der Waals surface area contributed by atoms with Gasteiger partial charge in [0.15, 0.2) is 0 Å². The molecule has 0 radical (unpaired) electrons. The van der Waals surface area contributed by atoms with E-state index in [0.717, 1.165) is 6.42 Å². The van der Waals surface area contributed by atoms with Crippen LogP contribution in [0, 0.1) is 5.92 Å². The van der Waals surface area contributed by atoms with Gasteiger partial charge in [-0.2, -0.15) is 0 Å². The molecule has 10 heavy (non-hydrogen) atoms. The smallest absolute Gasteiger partial charge is 0.239 e. The monoisotopic (exact) mass is 144 g/mol. The molecule has 0 bridgehead atoms. The molecule has 0 aliphatic carbocycles. The third kappa shape index (κ3) is 1.27. The number of nitrogens with two attached hydrogens (primary N) is 1. The van der Waals surface area contributed by atoms with Gasteiger partial charge in [0, 0.05) is 6.61 Å². The molecule has 0 aromatic carbocycles. The maximum atomic E-state index is 10.9. The lowest BCUT2D eigenvalue weighted by atomic mass is 10.0. The summed E-state index contributed by atoms with van der Waals surface area (Å²) in [6, 6.07) is 0. The van der Waals surface area contributed by atoms with E-state index >= 15 is 0 Å². The van der Waals surface area contributed by atoms with Crippen LogP contribution in [0.1, 0.15) is 13.3 Å². The summed E-state index contributed by atoms with van der Waals surface area (Å²) in [5.74, 6) is 4.79. The molecular formula is C6H12N2O2. The molecule has 0 aromatic rings. The summed E-state index contributed by atoms with van der Waals surface area (Å²) in [7, 11) is 0. The normalized spacial score (nSPS) is 32.2. The standard InChI is InChI=1S/C6H12N2O2/c1-4-5(2-3-10-4)6(9)8-7/h4-5H,2-3,7H2,1H3,(H,8,9)/t4-,5-/m1/s1. The highest BCUT2D eigenvalue weighted by Crippen LogP contribution is 2.19. The number of carbonyl (C=O) groups is 1. The average molecular weight is 144 g/mol. The minimum atomic E-state index is -0.120. The van der Waals surface area contributed by atoms with Crippen LogP contribution in [0.4, 0.5) is 0 Å². The van der Waals surface area contributed by atoms with Gasteiger partial charge in [0.1, 0.15) is 0 Å². The van der Waals surface area contributed by atoms with Crippen molar-refractivity contribution in [3.05, 3.63) is 0 Å². The van der Waals surface area contributed by atoms with Crippen molar-refractivity contribution < 1.29 is 9.53 Å². The quantitative estimate of drug-likeness (QED) is 0.293. The molecule has 0 spiro atoms. The van der Waals surface area contributed by atoms with Crippen LogP contribution in [0.25, 0.3) is 0 Å². The van der Waals surface area contributed by atoms with Crippen LogP contribution in [-0.2, 0) is 9.53 Å². The van der Waals surface area contributed by atoms with Crippen LogP contribution in [0.3, 0.4) is 0 Å². The van der Waals surface area contributed by atoms with Gasteiger partial charge in [0.05, 0.1) is 12.0 Å². The Morgan fingerprint density at radius 3 is 2.90 bits per heavy atom. The van der Waals surface area contributed by atoms with Gasteiger partial charge < -0.3 is 4.74 Å². The van der Waals surface area contributed by atoms with Crippen molar-refractivity contribution in [3.63, 3.8) is 0 Å². The Morgan fingerprint density at radius 2 is 2.50 bits per heavy atom. The number of hydrogen-bond donors (Lipinski definition) is 2. The first-order valence-corrected chi connectivity index (χ1v) is 3.37. The SMILES string of the molecule is C[C@H]1OCC[C@H]1C(=O)NN. The molecule has 1 aliphatic heterocycles. The van der Waals surface area contributed by atoms with Crippen molar-refractivity contribution in [2.45, 2.75) is 19.4 Å². The summed E-state index contributed by atoms with van der Waals surface area (Å²) in [4.78, 5) is 10.9. The predicted octanol–water partition coefficient (Wildman–Crippen LogP) is -0.599. The lowest BCUT2D eigenvalue weighted by Gasteiger charge is -2.10. The number of hydrogen-bond acceptors (Lipinski definition) is 3. The zero-order valence-electron chi connectivity index (χ0n) is 5.96. The van der Waals surface area contributed by atoms with E-state index in [1.807, 2.05) is 6.92 Å². The minimum absolute atomic E-state index is 0.0172. The lowest BCUT2D eigenvalue weighted by molar-refractivity contribution is -0.126. The summed E-state index contributed by atoms with van der Waals surface area (Å²) in [6.45, 7) is 2.55. The molecule has 3 N–H and O–H groups in total. The van der Waals surface area contributed by atoms with Gasteiger partial charge in [0.25, 0.3) is 0 Å². The Kier molecular flexibility index (Phi) is 2.24. The molecular weight excluding hydrogens is 132 g/mol. The summed E-state index contributed by atoms with van der Waals surface area (Å²) >= 11 is 0. The summed E-state index contributed by atoms with van der Waals surface area (Å²) in [5.41, 5.74) is 2.12. The third-order valence-corrected chi connectivity index (χ3v) is 1.86. The maximum absolute atomic E-state index is 10.9. The fraction of sp³-hybridized carbons (Fsp3) is 0.833. The number of hydrazine groups is 1. The van der Waals surface area contributed by atoms with E-state index in [-0.39, 0.29) is 17.9 Å². The summed E-state index contributed by atoms with van der Waals surface area (Å²) < 4.78 is 5.17. The summed E-state index contributed by atoms with van der Waals surface area (Å²) in [5, 5.41) is 0. The van der Waals surface area contributed by atoms with E-state index < -0.39 is 0 Å². The Morgan fingerprint density at radius 1 is 1.80 bits per heavy atom. The molecule has 1 rings (SSSR count). The van der Waals surface area contributed by atoms with Crippen LogP contribution in [0.15, 0.2) is 0 Å². The number of ether oxygens (including phenoxy) is 1. The Balaban J connectivity index is 2.46. The van der Waals surface area contributed by atoms with E-state index in [1.54, 1.807) is 0 Å². The second-order valence-corrected chi connectivity index (χ2v) is 2.48. The zero-order chi connectivity index (χ0) is 7.56. The molecule has 0 aromatic heterocycles. The predicted molar refractivity (Wildman–Crippen MR) is 35.9 cm³/mol. The first-order valence-electron chi connectivity index (χ1n) is 3.37. The van der Waals surface area contributed by atoms with E-state index in [0.29, 0.717) is 6.61 Å². The zero-order valence-corrected chi connectivity index (χ0v) is 5.96. The van der Waals surface area contributed by atoms with Crippen LogP contribution >= 0.6 is 0 Å². The first kappa shape index (κ1) is 7.50. The van der Waals surface area contributed by atoms with Gasteiger partial charge in [-0.05, 0) is 13.3 Å². The molecule has 58 valence electrons. The molecule has 4 heteroatoms. The Labute approximate surface area is 59.7 Å². The van der Waals surface area contributed by atoms with Crippen molar-refractivity contribution in [1.29, 1.82) is 0 Å². The highest BCUT2D eigenvalue weighted by atomic mass is 16.5. The van der Waals surface area contributed by atoms with Gasteiger partial charge in [-0.1, -0.05) is 0 Å². The fourth-order valence-electron chi connectivity index (χ4n) is 1.18. The van der Waals surface area contributed by atoms with E-state index in [4.69, 9.17) is 10.6 Å². The van der Waals surface area contributed by atoms with E-state index in [2.05, 4.69) is 5.43 Å². The number of carbonyl (C=O) groups excluding carboxylic acids is 1. The topological polar surface area (TPSA) is 64.3 Å². The van der Waals surface area contributed by atoms with Crippen LogP contribution in [0.5, 0.6) is 0 Å². The van der Waals surface area contributed by atoms with Crippen LogP contribution in [-0.4, -0.2) is 18.6 Å². The molecule has 1 amide bonds. The van der Waals surface area contributed by atoms with Gasteiger partial charge in [-0.3, -0.25) is 10.2 Å². The van der Waals surface area contributed by atoms with Crippen molar-refractivity contribution in [3.8, 4) is 0 Å². The molecule has 2 atom stereocenters. The molecule has 1 aliphatic rings. The van der Waals surface area contributed by atoms with Gasteiger partial charge in [0.2, 0.25) is 5.91 Å². The van der Waals surface area contributed by atoms with E-state index in [1.165, 1.54) is 0 Å². The van der Waals surface area contributed by atoms with Gasteiger partial charge in [-0.25, -0.2) is 5.84 Å². The molecule has 1 saturated heterocycles. The second kappa shape index (κ2) is 2.98. The number of nitrogens with one attached hydrogen (secondary N) is 1. The van der Waals surface area contributed by atoms with Crippen molar-refractivity contribution >= 4 is 5.91 Å². The van der Waals surface area contributed by atoms with E-state index in [9.17, 15) is 4.79 Å². The summed E-state index contributed by atoms with van der Waals surface area (Å²) in [6.07, 6.45) is 0.799. The van der Waals surface area contributed by atoms with Gasteiger partial charge >= 0.3 is 0 Å². The second-order valence-electron chi connectivity index (χ2n) is 2.48. The number of rotatable bonds is 1. The maximum Gasteiger partial charge on any atom is 0.239 e. The molecule has 0 saturated carbocycles. The third-order valence-electron chi connectivity index (χ3n) is 1.86. The molecule has 0 unspecified atom stereocenters. The Hall–Kier alpha value is -0.610. The highest BCUT2D eigenvalue weighted by Gasteiger charge is 2.29. The molecule has 1 fully saturated rings. The van der Waals surface area contributed by atoms with Gasteiger partial charge in [-0.15, -0.1) is 0 Å². The number of amides is 1. The Bertz CT molecular complexity index is 138. The fourth-order valence-corrected chi connectivity index (χ4v) is 1.18.